The van der Waals surface area contributed by atoms with E-state index in [4.69, 9.17) is 0 Å². The van der Waals surface area contributed by atoms with Crippen molar-refractivity contribution in [3.63, 3.8) is 0 Å². The first-order chi connectivity index (χ1) is 15.4. The molecule has 164 valence electrons. The lowest BCUT2D eigenvalue weighted by atomic mass is 10.0. The molecule has 0 aliphatic heterocycles. The normalized spacial score (nSPS) is 12.3. The lowest BCUT2D eigenvalue weighted by Crippen LogP contribution is -2.44. The highest BCUT2D eigenvalue weighted by Crippen LogP contribution is 2.26. The van der Waals surface area contributed by atoms with Gasteiger partial charge in [-0.1, -0.05) is 66.7 Å². The van der Waals surface area contributed by atoms with Gasteiger partial charge in [-0.3, -0.25) is 14.5 Å². The van der Waals surface area contributed by atoms with Crippen molar-refractivity contribution in [2.24, 2.45) is 0 Å². The van der Waals surface area contributed by atoms with Crippen LogP contribution in [0.15, 0.2) is 103 Å². The van der Waals surface area contributed by atoms with Gasteiger partial charge in [0, 0.05) is 30.1 Å². The summed E-state index contributed by atoms with van der Waals surface area (Å²) in [6, 6.07) is 26.1. The van der Waals surface area contributed by atoms with E-state index in [2.05, 4.69) is 5.32 Å². The molecule has 1 unspecified atom stereocenters. The molecule has 0 saturated carbocycles. The molecule has 0 fully saturated rings. The molecule has 0 aromatic heterocycles. The highest BCUT2D eigenvalue weighted by atomic mass is 19.4. The number of nitrogens with zero attached hydrogens (tertiary/aromatic N) is 1. The van der Waals surface area contributed by atoms with E-state index >= 15 is 0 Å². The lowest BCUT2D eigenvalue weighted by Gasteiger charge is -2.28. The van der Waals surface area contributed by atoms with Gasteiger partial charge in [0.15, 0.2) is 0 Å². The first-order valence-corrected chi connectivity index (χ1v) is 9.88. The van der Waals surface area contributed by atoms with E-state index in [9.17, 15) is 22.8 Å². The lowest BCUT2D eigenvalue weighted by molar-refractivity contribution is -0.165. The van der Waals surface area contributed by atoms with Crippen LogP contribution in [0.1, 0.15) is 5.56 Å². The first kappa shape index (κ1) is 22.8. The number of anilines is 2. The van der Waals surface area contributed by atoms with Gasteiger partial charge in [0.2, 0.25) is 0 Å². The summed E-state index contributed by atoms with van der Waals surface area (Å²) in [5.74, 6) is -2.38. The van der Waals surface area contributed by atoms with Crippen molar-refractivity contribution < 1.29 is 22.8 Å². The van der Waals surface area contributed by atoms with Gasteiger partial charge in [0.1, 0.15) is 6.04 Å². The van der Waals surface area contributed by atoms with E-state index in [-0.39, 0.29) is 12.3 Å². The average Bonchev–Trinajstić information content (AvgIpc) is 2.80. The molecular formula is C25H21F3N2O2. The number of allylic oxidation sites excluding steroid dienone is 1. The predicted molar refractivity (Wildman–Crippen MR) is 117 cm³/mol. The molecule has 0 saturated heterocycles. The average molecular weight is 438 g/mol. The second-order valence-corrected chi connectivity index (χ2v) is 6.95. The number of rotatable bonds is 8. The smallest absolute Gasteiger partial charge is 0.379 e. The molecule has 1 amide bonds. The summed E-state index contributed by atoms with van der Waals surface area (Å²) in [5, 5.41) is 2.70. The van der Waals surface area contributed by atoms with Crippen LogP contribution in [-0.2, 0) is 16.0 Å². The third-order valence-electron chi connectivity index (χ3n) is 4.64. The minimum absolute atomic E-state index is 0.209. The summed E-state index contributed by atoms with van der Waals surface area (Å²) in [7, 11) is 0. The standard InChI is InChI=1S/C25H21F3N2O2/c26-25(27,28)23(31)16-17-29-22(18-19-10-4-1-5-11-19)24(32)30(20-12-6-2-7-13-20)21-14-8-3-9-15-21/h1-17,22,29H,18H2. The SMILES string of the molecule is O=C(C(Cc1ccccc1)NC=CC(=O)C(F)(F)F)N(c1ccccc1)c1ccccc1. The molecule has 4 nitrogen and oxygen atoms in total. The third kappa shape index (κ3) is 6.07. The number of ketones is 1. The van der Waals surface area contributed by atoms with Gasteiger partial charge in [-0.05, 0) is 29.8 Å². The second kappa shape index (κ2) is 10.4. The summed E-state index contributed by atoms with van der Waals surface area (Å²) >= 11 is 0. The van der Waals surface area contributed by atoms with E-state index < -0.39 is 18.0 Å². The summed E-state index contributed by atoms with van der Waals surface area (Å²) < 4.78 is 37.6. The van der Waals surface area contributed by atoms with Gasteiger partial charge in [-0.15, -0.1) is 0 Å². The van der Waals surface area contributed by atoms with Crippen LogP contribution < -0.4 is 10.2 Å². The Bertz CT molecular complexity index is 1010. The van der Waals surface area contributed by atoms with Gasteiger partial charge >= 0.3 is 6.18 Å². The van der Waals surface area contributed by atoms with Gasteiger partial charge in [0.25, 0.3) is 11.7 Å². The number of benzene rings is 3. The summed E-state index contributed by atoms with van der Waals surface area (Å²) in [6.45, 7) is 0. The van der Waals surface area contributed by atoms with Crippen LogP contribution in [-0.4, -0.2) is 23.9 Å². The minimum Gasteiger partial charge on any atom is -0.379 e. The van der Waals surface area contributed by atoms with E-state index in [0.717, 1.165) is 11.8 Å². The molecule has 3 aromatic carbocycles. The zero-order valence-electron chi connectivity index (χ0n) is 17.0. The number of para-hydroxylation sites is 2. The molecule has 3 rings (SSSR count). The zero-order chi connectivity index (χ0) is 23.0. The van der Waals surface area contributed by atoms with E-state index in [1.807, 2.05) is 42.5 Å². The second-order valence-electron chi connectivity index (χ2n) is 6.95. The molecule has 0 aliphatic rings. The fourth-order valence-corrected chi connectivity index (χ4v) is 3.12. The number of halogens is 3. The number of nitrogens with one attached hydrogen (secondary N) is 1. The Kier molecular flexibility index (Phi) is 7.44. The number of hydrogen-bond donors (Lipinski definition) is 1. The van der Waals surface area contributed by atoms with Gasteiger partial charge in [0.05, 0.1) is 0 Å². The van der Waals surface area contributed by atoms with Crippen LogP contribution in [0.5, 0.6) is 0 Å². The number of hydrogen-bond acceptors (Lipinski definition) is 3. The molecule has 3 aromatic rings. The van der Waals surface area contributed by atoms with Crippen molar-refractivity contribution >= 4 is 23.1 Å². The predicted octanol–water partition coefficient (Wildman–Crippen LogP) is 5.20. The molecule has 0 spiro atoms. The molecule has 32 heavy (non-hydrogen) atoms. The van der Waals surface area contributed by atoms with Crippen molar-refractivity contribution in [3.05, 3.63) is 109 Å². The monoisotopic (exact) mass is 438 g/mol. The number of carbonyl (C=O) groups excluding carboxylic acids is 2. The maximum atomic E-state index is 13.6. The van der Waals surface area contributed by atoms with Crippen molar-refractivity contribution in [2.45, 2.75) is 18.6 Å². The first-order valence-electron chi connectivity index (χ1n) is 9.88. The Hall–Kier alpha value is -3.87. The van der Waals surface area contributed by atoms with Crippen LogP contribution in [0.4, 0.5) is 24.5 Å². The summed E-state index contributed by atoms with van der Waals surface area (Å²) in [5.41, 5.74) is 2.03. The minimum atomic E-state index is -4.97. The van der Waals surface area contributed by atoms with Crippen molar-refractivity contribution in [1.29, 1.82) is 0 Å². The highest BCUT2D eigenvalue weighted by Gasteiger charge is 2.36. The highest BCUT2D eigenvalue weighted by molar-refractivity contribution is 6.03. The molecule has 1 N–H and O–H groups in total. The van der Waals surface area contributed by atoms with Crippen LogP contribution in [0.25, 0.3) is 0 Å². The van der Waals surface area contributed by atoms with Crippen LogP contribution in [0.2, 0.25) is 0 Å². The quantitative estimate of drug-likeness (QED) is 0.492. The third-order valence-corrected chi connectivity index (χ3v) is 4.64. The Morgan fingerprint density at radius 2 is 1.28 bits per heavy atom. The number of carbonyl (C=O) groups is 2. The maximum Gasteiger partial charge on any atom is 0.454 e. The zero-order valence-corrected chi connectivity index (χ0v) is 17.0. The topological polar surface area (TPSA) is 49.4 Å². The molecule has 7 heteroatoms. The molecular weight excluding hydrogens is 417 g/mol. The molecule has 0 heterocycles. The summed E-state index contributed by atoms with van der Waals surface area (Å²) in [6.07, 6.45) is -3.49. The van der Waals surface area contributed by atoms with E-state index in [1.165, 1.54) is 4.90 Å². The summed E-state index contributed by atoms with van der Waals surface area (Å²) in [4.78, 5) is 26.3. The Labute approximate surface area is 184 Å². The van der Waals surface area contributed by atoms with Crippen LogP contribution in [0.3, 0.4) is 0 Å². The molecule has 0 radical (unpaired) electrons. The largest absolute Gasteiger partial charge is 0.454 e. The molecule has 0 aliphatic carbocycles. The van der Waals surface area contributed by atoms with E-state index in [1.54, 1.807) is 48.5 Å². The van der Waals surface area contributed by atoms with Gasteiger partial charge in [-0.25, -0.2) is 0 Å². The Balaban J connectivity index is 1.94. The fourth-order valence-electron chi connectivity index (χ4n) is 3.12. The number of alkyl halides is 3. The molecule has 1 atom stereocenters. The Morgan fingerprint density at radius 1 is 0.812 bits per heavy atom. The Morgan fingerprint density at radius 3 is 1.75 bits per heavy atom. The van der Waals surface area contributed by atoms with Gasteiger partial charge < -0.3 is 5.32 Å². The fraction of sp³-hybridized carbons (Fsp3) is 0.120. The van der Waals surface area contributed by atoms with Crippen LogP contribution in [0, 0.1) is 0 Å². The van der Waals surface area contributed by atoms with Crippen molar-refractivity contribution in [1.82, 2.24) is 5.32 Å². The van der Waals surface area contributed by atoms with Crippen molar-refractivity contribution in [3.8, 4) is 0 Å². The van der Waals surface area contributed by atoms with E-state index in [0.29, 0.717) is 17.5 Å². The molecule has 0 bridgehead atoms. The number of amides is 1. The van der Waals surface area contributed by atoms with Crippen LogP contribution >= 0.6 is 0 Å². The van der Waals surface area contributed by atoms with Gasteiger partial charge in [-0.2, -0.15) is 13.2 Å². The maximum absolute atomic E-state index is 13.6. The van der Waals surface area contributed by atoms with Crippen molar-refractivity contribution in [2.75, 3.05) is 4.90 Å².